The number of anilines is 1. The topological polar surface area (TPSA) is 38.3 Å². The molecule has 1 aromatic carbocycles. The predicted molar refractivity (Wildman–Crippen MR) is 60.0 cm³/mol. The maximum absolute atomic E-state index is 11.2. The molecular formula is C10H9Cl2NO2. The van der Waals surface area contributed by atoms with Crippen LogP contribution < -0.4 is 10.1 Å². The van der Waals surface area contributed by atoms with Crippen molar-refractivity contribution in [3.05, 3.63) is 21.7 Å². The van der Waals surface area contributed by atoms with E-state index in [1.807, 2.05) is 0 Å². The van der Waals surface area contributed by atoms with Crippen LogP contribution in [0.2, 0.25) is 10.0 Å². The van der Waals surface area contributed by atoms with Crippen LogP contribution in [0.15, 0.2) is 6.07 Å². The quantitative estimate of drug-likeness (QED) is 0.827. The lowest BCUT2D eigenvalue weighted by Crippen LogP contribution is -2.20. The van der Waals surface area contributed by atoms with Gasteiger partial charge in [0.15, 0.2) is 0 Å². The van der Waals surface area contributed by atoms with E-state index in [1.54, 1.807) is 6.07 Å². The molecule has 0 aliphatic carbocycles. The molecule has 1 aromatic rings. The standard InChI is InChI=1S/C10H9Cl2NO2/c1-15-7-4-6(11)9(12)5-2-3-8(14)13-10(5)7/h4H,2-3H2,1H3,(H,13,14). The second kappa shape index (κ2) is 3.91. The van der Waals surface area contributed by atoms with E-state index in [4.69, 9.17) is 27.9 Å². The lowest BCUT2D eigenvalue weighted by atomic mass is 10.0. The highest BCUT2D eigenvalue weighted by Gasteiger charge is 2.23. The van der Waals surface area contributed by atoms with Crippen molar-refractivity contribution in [3.8, 4) is 5.75 Å². The molecule has 0 unspecified atom stereocenters. The van der Waals surface area contributed by atoms with Crippen LogP contribution in [0.1, 0.15) is 12.0 Å². The van der Waals surface area contributed by atoms with Gasteiger partial charge in [-0.05, 0) is 6.42 Å². The molecule has 1 aliphatic rings. The van der Waals surface area contributed by atoms with Gasteiger partial charge >= 0.3 is 0 Å². The molecule has 15 heavy (non-hydrogen) atoms. The minimum atomic E-state index is -0.0285. The van der Waals surface area contributed by atoms with Crippen molar-refractivity contribution in [2.24, 2.45) is 0 Å². The third kappa shape index (κ3) is 1.77. The zero-order valence-corrected chi connectivity index (χ0v) is 9.58. The maximum atomic E-state index is 11.2. The number of carbonyl (C=O) groups is 1. The lowest BCUT2D eigenvalue weighted by molar-refractivity contribution is -0.116. The highest BCUT2D eigenvalue weighted by Crippen LogP contribution is 2.41. The lowest BCUT2D eigenvalue weighted by Gasteiger charge is -2.21. The fraction of sp³-hybridized carbons (Fsp3) is 0.300. The Labute approximate surface area is 97.3 Å². The van der Waals surface area contributed by atoms with Crippen LogP contribution in [0.4, 0.5) is 5.69 Å². The van der Waals surface area contributed by atoms with Gasteiger partial charge in [-0.3, -0.25) is 4.79 Å². The number of hydrogen-bond acceptors (Lipinski definition) is 2. The summed E-state index contributed by atoms with van der Waals surface area (Å²) in [6.45, 7) is 0. The molecule has 0 bridgehead atoms. The van der Waals surface area contributed by atoms with Gasteiger partial charge in [0.2, 0.25) is 5.91 Å². The monoisotopic (exact) mass is 245 g/mol. The number of methoxy groups -OCH3 is 1. The summed E-state index contributed by atoms with van der Waals surface area (Å²) in [6.07, 6.45) is 1.02. The van der Waals surface area contributed by atoms with Crippen LogP contribution in [0.5, 0.6) is 5.75 Å². The molecule has 2 rings (SSSR count). The van der Waals surface area contributed by atoms with Crippen LogP contribution in [0.3, 0.4) is 0 Å². The fourth-order valence-electron chi connectivity index (χ4n) is 1.63. The summed E-state index contributed by atoms with van der Waals surface area (Å²) >= 11 is 12.0. The minimum Gasteiger partial charge on any atom is -0.495 e. The largest absolute Gasteiger partial charge is 0.495 e. The summed E-state index contributed by atoms with van der Waals surface area (Å²) in [7, 11) is 1.53. The molecule has 1 aliphatic heterocycles. The molecule has 3 nitrogen and oxygen atoms in total. The molecule has 1 N–H and O–H groups in total. The van der Waals surface area contributed by atoms with E-state index in [-0.39, 0.29) is 5.91 Å². The molecule has 0 saturated carbocycles. The van der Waals surface area contributed by atoms with Gasteiger partial charge in [-0.25, -0.2) is 0 Å². The van der Waals surface area contributed by atoms with Gasteiger partial charge < -0.3 is 10.1 Å². The smallest absolute Gasteiger partial charge is 0.224 e. The Kier molecular flexibility index (Phi) is 2.76. The molecule has 1 amide bonds. The fourth-order valence-corrected chi connectivity index (χ4v) is 2.08. The number of nitrogens with one attached hydrogen (secondary N) is 1. The number of fused-ring (bicyclic) bond motifs is 1. The number of halogens is 2. The van der Waals surface area contributed by atoms with Crippen LogP contribution in [0, 0.1) is 0 Å². The van der Waals surface area contributed by atoms with E-state index in [0.29, 0.717) is 34.3 Å². The van der Waals surface area contributed by atoms with Gasteiger partial charge in [-0.1, -0.05) is 23.2 Å². The summed E-state index contributed by atoms with van der Waals surface area (Å²) in [5, 5.41) is 3.68. The molecule has 0 aromatic heterocycles. The Morgan fingerprint density at radius 1 is 1.40 bits per heavy atom. The first-order valence-corrected chi connectivity index (χ1v) is 5.23. The molecule has 1 heterocycles. The first kappa shape index (κ1) is 10.6. The Balaban J connectivity index is 2.61. The van der Waals surface area contributed by atoms with E-state index < -0.39 is 0 Å². The molecule has 0 fully saturated rings. The Morgan fingerprint density at radius 2 is 2.13 bits per heavy atom. The summed E-state index contributed by atoms with van der Waals surface area (Å²) < 4.78 is 5.14. The van der Waals surface area contributed by atoms with Crippen molar-refractivity contribution in [2.45, 2.75) is 12.8 Å². The van der Waals surface area contributed by atoms with E-state index >= 15 is 0 Å². The van der Waals surface area contributed by atoms with Crippen LogP contribution >= 0.6 is 23.2 Å². The number of ether oxygens (including phenoxy) is 1. The zero-order chi connectivity index (χ0) is 11.0. The summed E-state index contributed by atoms with van der Waals surface area (Å²) in [4.78, 5) is 11.2. The normalized spacial score (nSPS) is 14.5. The number of hydrogen-bond donors (Lipinski definition) is 1. The van der Waals surface area contributed by atoms with Gasteiger partial charge in [-0.2, -0.15) is 0 Å². The summed E-state index contributed by atoms with van der Waals surface area (Å²) in [6, 6.07) is 1.61. The van der Waals surface area contributed by atoms with Gasteiger partial charge in [0.25, 0.3) is 0 Å². The van der Waals surface area contributed by atoms with E-state index in [0.717, 1.165) is 5.56 Å². The highest BCUT2D eigenvalue weighted by atomic mass is 35.5. The number of rotatable bonds is 1. The minimum absolute atomic E-state index is 0.0285. The number of benzene rings is 1. The highest BCUT2D eigenvalue weighted by molar-refractivity contribution is 6.43. The van der Waals surface area contributed by atoms with Gasteiger partial charge in [0.1, 0.15) is 5.75 Å². The van der Waals surface area contributed by atoms with Crippen molar-refractivity contribution in [2.75, 3.05) is 12.4 Å². The first-order valence-electron chi connectivity index (χ1n) is 4.48. The molecule has 0 saturated heterocycles. The molecule has 80 valence electrons. The number of amides is 1. The van der Waals surface area contributed by atoms with Crippen molar-refractivity contribution >= 4 is 34.8 Å². The second-order valence-corrected chi connectivity index (χ2v) is 4.06. The van der Waals surface area contributed by atoms with Crippen molar-refractivity contribution in [1.29, 1.82) is 0 Å². The Bertz CT molecular complexity index is 432. The Morgan fingerprint density at radius 3 is 2.80 bits per heavy atom. The second-order valence-electron chi connectivity index (χ2n) is 3.28. The van der Waals surface area contributed by atoms with Gasteiger partial charge in [-0.15, -0.1) is 0 Å². The molecule has 5 heteroatoms. The van der Waals surface area contributed by atoms with Gasteiger partial charge in [0, 0.05) is 18.1 Å². The maximum Gasteiger partial charge on any atom is 0.224 e. The van der Waals surface area contributed by atoms with Crippen molar-refractivity contribution in [3.63, 3.8) is 0 Å². The Hall–Kier alpha value is -0.930. The molecule has 0 spiro atoms. The van der Waals surface area contributed by atoms with Crippen LogP contribution in [-0.4, -0.2) is 13.0 Å². The number of carbonyl (C=O) groups excluding carboxylic acids is 1. The van der Waals surface area contributed by atoms with Crippen LogP contribution in [-0.2, 0) is 11.2 Å². The van der Waals surface area contributed by atoms with E-state index in [2.05, 4.69) is 5.32 Å². The predicted octanol–water partition coefficient (Wildman–Crippen LogP) is 2.89. The van der Waals surface area contributed by atoms with Gasteiger partial charge in [0.05, 0.1) is 22.8 Å². The average Bonchev–Trinajstić information content (AvgIpc) is 2.23. The van der Waals surface area contributed by atoms with Crippen molar-refractivity contribution < 1.29 is 9.53 Å². The first-order chi connectivity index (χ1) is 7.13. The SMILES string of the molecule is COc1cc(Cl)c(Cl)c2c1NC(=O)CC2. The van der Waals surface area contributed by atoms with E-state index in [1.165, 1.54) is 7.11 Å². The third-order valence-corrected chi connectivity index (χ3v) is 3.19. The zero-order valence-electron chi connectivity index (χ0n) is 8.06. The summed E-state index contributed by atoms with van der Waals surface area (Å²) in [5.41, 5.74) is 1.49. The third-order valence-electron chi connectivity index (χ3n) is 2.37. The van der Waals surface area contributed by atoms with E-state index in [9.17, 15) is 4.79 Å². The van der Waals surface area contributed by atoms with Crippen molar-refractivity contribution in [1.82, 2.24) is 0 Å². The molecular weight excluding hydrogens is 237 g/mol. The average molecular weight is 246 g/mol. The molecule has 0 atom stereocenters. The summed E-state index contributed by atoms with van der Waals surface area (Å²) in [5.74, 6) is 0.520. The molecule has 0 radical (unpaired) electrons. The van der Waals surface area contributed by atoms with Crippen LogP contribution in [0.25, 0.3) is 0 Å².